The molecule has 1 heterocycles. The number of aliphatic carboxylic acids is 1. The van der Waals surface area contributed by atoms with E-state index in [1.54, 1.807) is 0 Å². The fourth-order valence-electron chi connectivity index (χ4n) is 1.78. The number of fused-ring (bicyclic) bond motifs is 1. The maximum absolute atomic E-state index is 10.8. The number of rotatable bonds is 1. The van der Waals surface area contributed by atoms with E-state index in [4.69, 9.17) is 9.84 Å². The van der Waals surface area contributed by atoms with Gasteiger partial charge in [-0.2, -0.15) is 0 Å². The van der Waals surface area contributed by atoms with Crippen LogP contribution >= 0.6 is 15.9 Å². The molecule has 2 rings (SSSR count). The first-order valence-corrected chi connectivity index (χ1v) is 5.52. The van der Waals surface area contributed by atoms with Crippen LogP contribution in [0.25, 0.3) is 0 Å². The van der Waals surface area contributed by atoms with Crippen LogP contribution in [0.2, 0.25) is 0 Å². The van der Waals surface area contributed by atoms with Crippen LogP contribution < -0.4 is 4.74 Å². The molecule has 0 saturated heterocycles. The van der Waals surface area contributed by atoms with E-state index in [0.717, 1.165) is 21.3 Å². The second kappa shape index (κ2) is 3.85. The topological polar surface area (TPSA) is 46.5 Å². The monoisotopic (exact) mass is 270 g/mol. The molecule has 1 aliphatic rings. The summed E-state index contributed by atoms with van der Waals surface area (Å²) in [6, 6.07) is 3.95. The Hall–Kier alpha value is -1.03. The van der Waals surface area contributed by atoms with Crippen LogP contribution in [-0.2, 0) is 11.2 Å². The van der Waals surface area contributed by atoms with Crippen LogP contribution in [0.4, 0.5) is 0 Å². The summed E-state index contributed by atoms with van der Waals surface area (Å²) in [5.74, 6) is -0.428. The molecule has 0 bridgehead atoms. The van der Waals surface area contributed by atoms with Crippen molar-refractivity contribution in [1.82, 2.24) is 0 Å². The van der Waals surface area contributed by atoms with Gasteiger partial charge in [0.2, 0.25) is 0 Å². The van der Waals surface area contributed by atoms with Crippen LogP contribution in [0.5, 0.6) is 5.75 Å². The van der Waals surface area contributed by atoms with E-state index in [1.165, 1.54) is 0 Å². The van der Waals surface area contributed by atoms with Crippen molar-refractivity contribution in [3.63, 3.8) is 0 Å². The summed E-state index contributed by atoms with van der Waals surface area (Å²) in [5.41, 5.74) is 2.08. The maximum Gasteiger partial charge on any atom is 0.310 e. The molecule has 1 aromatic rings. The number of carboxylic acid groups (broad SMARTS) is 1. The zero-order valence-corrected chi connectivity index (χ0v) is 9.87. The van der Waals surface area contributed by atoms with Gasteiger partial charge in [0.25, 0.3) is 0 Å². The SMILES string of the molecule is Cc1cc(Br)c2c(c1)CC(C(=O)O)CO2. The zero-order valence-electron chi connectivity index (χ0n) is 8.29. The van der Waals surface area contributed by atoms with Gasteiger partial charge in [-0.1, -0.05) is 6.07 Å². The number of halogens is 1. The molecule has 0 radical (unpaired) electrons. The molecule has 1 atom stereocenters. The van der Waals surface area contributed by atoms with Crippen molar-refractivity contribution in [3.8, 4) is 5.75 Å². The average Bonchev–Trinajstić information content (AvgIpc) is 2.16. The number of hydrogen-bond acceptors (Lipinski definition) is 2. The molecule has 0 fully saturated rings. The zero-order chi connectivity index (χ0) is 11.0. The minimum absolute atomic E-state index is 0.254. The number of carboxylic acids is 1. The Kier molecular flexibility index (Phi) is 2.69. The Morgan fingerprint density at radius 3 is 3.00 bits per heavy atom. The van der Waals surface area contributed by atoms with Crippen LogP contribution in [0.3, 0.4) is 0 Å². The molecule has 80 valence electrons. The molecule has 1 aromatic carbocycles. The van der Waals surface area contributed by atoms with E-state index in [1.807, 2.05) is 19.1 Å². The summed E-state index contributed by atoms with van der Waals surface area (Å²) in [5, 5.41) is 8.91. The quantitative estimate of drug-likeness (QED) is 0.853. The number of ether oxygens (including phenoxy) is 1. The minimum Gasteiger partial charge on any atom is -0.491 e. The van der Waals surface area contributed by atoms with Crippen molar-refractivity contribution in [2.45, 2.75) is 13.3 Å². The summed E-state index contributed by atoms with van der Waals surface area (Å²) in [4.78, 5) is 10.8. The molecule has 1 N–H and O–H groups in total. The summed E-state index contributed by atoms with van der Waals surface area (Å²) < 4.78 is 6.36. The van der Waals surface area contributed by atoms with E-state index in [-0.39, 0.29) is 6.61 Å². The maximum atomic E-state index is 10.8. The molecule has 3 nitrogen and oxygen atoms in total. The van der Waals surface area contributed by atoms with Gasteiger partial charge in [0.05, 0.1) is 10.4 Å². The normalized spacial score (nSPS) is 19.2. The standard InChI is InChI=1S/C11H11BrO3/c1-6-2-7-4-8(11(13)14)5-15-10(7)9(12)3-6/h2-3,8H,4-5H2,1H3,(H,13,14). The summed E-state index contributed by atoms with van der Waals surface area (Å²) >= 11 is 3.42. The minimum atomic E-state index is -0.793. The summed E-state index contributed by atoms with van der Waals surface area (Å²) in [6.45, 7) is 2.24. The molecule has 0 amide bonds. The Balaban J connectivity index is 2.37. The molecular formula is C11H11BrO3. The highest BCUT2D eigenvalue weighted by Gasteiger charge is 2.26. The first-order chi connectivity index (χ1) is 7.08. The average molecular weight is 271 g/mol. The lowest BCUT2D eigenvalue weighted by Crippen LogP contribution is -2.28. The highest BCUT2D eigenvalue weighted by Crippen LogP contribution is 2.35. The number of aryl methyl sites for hydroxylation is 1. The van der Waals surface area contributed by atoms with E-state index in [0.29, 0.717) is 6.42 Å². The molecular weight excluding hydrogens is 260 g/mol. The third-order valence-electron chi connectivity index (χ3n) is 2.51. The van der Waals surface area contributed by atoms with Crippen molar-refractivity contribution in [3.05, 3.63) is 27.7 Å². The lowest BCUT2D eigenvalue weighted by atomic mass is 9.96. The van der Waals surface area contributed by atoms with Crippen LogP contribution in [0.1, 0.15) is 11.1 Å². The van der Waals surface area contributed by atoms with E-state index >= 15 is 0 Å². The van der Waals surface area contributed by atoms with Gasteiger partial charge in [-0.15, -0.1) is 0 Å². The predicted molar refractivity (Wildman–Crippen MR) is 59.2 cm³/mol. The lowest BCUT2D eigenvalue weighted by molar-refractivity contribution is -0.143. The Morgan fingerprint density at radius 2 is 2.33 bits per heavy atom. The molecule has 1 unspecified atom stereocenters. The van der Waals surface area contributed by atoms with E-state index < -0.39 is 11.9 Å². The van der Waals surface area contributed by atoms with Gasteiger partial charge in [0, 0.05) is 0 Å². The molecule has 0 aromatic heterocycles. The van der Waals surface area contributed by atoms with Gasteiger partial charge in [-0.3, -0.25) is 4.79 Å². The second-order valence-electron chi connectivity index (χ2n) is 3.79. The molecule has 1 aliphatic heterocycles. The Morgan fingerprint density at radius 1 is 1.60 bits per heavy atom. The highest BCUT2D eigenvalue weighted by molar-refractivity contribution is 9.10. The van der Waals surface area contributed by atoms with Crippen LogP contribution in [0, 0.1) is 12.8 Å². The van der Waals surface area contributed by atoms with Crippen molar-refractivity contribution >= 4 is 21.9 Å². The summed E-state index contributed by atoms with van der Waals surface area (Å²) in [7, 11) is 0. The molecule has 0 spiro atoms. The number of hydrogen-bond donors (Lipinski definition) is 1. The van der Waals surface area contributed by atoms with Crippen molar-refractivity contribution in [1.29, 1.82) is 0 Å². The van der Waals surface area contributed by atoms with E-state index in [9.17, 15) is 4.79 Å². The molecule has 4 heteroatoms. The summed E-state index contributed by atoms with van der Waals surface area (Å²) in [6.07, 6.45) is 0.547. The highest BCUT2D eigenvalue weighted by atomic mass is 79.9. The van der Waals surface area contributed by atoms with Gasteiger partial charge in [0.1, 0.15) is 12.4 Å². The number of benzene rings is 1. The third-order valence-corrected chi connectivity index (χ3v) is 3.10. The Bertz CT molecular complexity index is 415. The molecule has 0 saturated carbocycles. The first-order valence-electron chi connectivity index (χ1n) is 4.72. The van der Waals surface area contributed by atoms with Crippen LogP contribution in [0.15, 0.2) is 16.6 Å². The van der Waals surface area contributed by atoms with Gasteiger partial charge in [-0.25, -0.2) is 0 Å². The largest absolute Gasteiger partial charge is 0.491 e. The fourth-order valence-corrected chi connectivity index (χ4v) is 2.51. The van der Waals surface area contributed by atoms with Gasteiger partial charge < -0.3 is 9.84 Å². The smallest absolute Gasteiger partial charge is 0.310 e. The van der Waals surface area contributed by atoms with Crippen molar-refractivity contribution in [2.24, 2.45) is 5.92 Å². The molecule has 15 heavy (non-hydrogen) atoms. The fraction of sp³-hybridized carbons (Fsp3) is 0.364. The van der Waals surface area contributed by atoms with Crippen LogP contribution in [-0.4, -0.2) is 17.7 Å². The number of carbonyl (C=O) groups is 1. The second-order valence-corrected chi connectivity index (χ2v) is 4.64. The van der Waals surface area contributed by atoms with Gasteiger partial charge >= 0.3 is 5.97 Å². The lowest BCUT2D eigenvalue weighted by Gasteiger charge is -2.23. The molecule has 0 aliphatic carbocycles. The van der Waals surface area contributed by atoms with Crippen molar-refractivity contribution in [2.75, 3.05) is 6.61 Å². The van der Waals surface area contributed by atoms with Gasteiger partial charge in [-0.05, 0) is 46.5 Å². The first kappa shape index (κ1) is 10.5. The third kappa shape index (κ3) is 2.00. The predicted octanol–water partition coefficient (Wildman–Crippen LogP) is 2.39. The van der Waals surface area contributed by atoms with Gasteiger partial charge in [0.15, 0.2) is 0 Å². The Labute approximate surface area is 96.2 Å². The van der Waals surface area contributed by atoms with Crippen molar-refractivity contribution < 1.29 is 14.6 Å². The van der Waals surface area contributed by atoms with E-state index in [2.05, 4.69) is 15.9 Å².